The zero-order valence-corrected chi connectivity index (χ0v) is 81.5. The molecule has 3 fully saturated rings. The Morgan fingerprint density at radius 2 is 0.683 bits per heavy atom. The number of nitrogens with zero attached hydrogens (tertiary/aromatic N) is 3. The molecule has 3 aromatic rings. The van der Waals surface area contributed by atoms with Crippen LogP contribution in [-0.2, 0) is 62.5 Å². The molecule has 7 unspecified atom stereocenters. The Balaban J connectivity index is -0.00000136. The predicted molar refractivity (Wildman–Crippen MR) is 474 cm³/mol. The molecule has 3 nitrogen and oxygen atoms in total. The molecule has 9 rings (SSSR count). The summed E-state index contributed by atoms with van der Waals surface area (Å²) in [6.45, 7) is 47.0. The maximum absolute atomic E-state index is 4.93. The molecular weight excluding hydrogens is 1630 g/mol. The minimum atomic E-state index is -0.826. The molecule has 3 aromatic carbocycles. The van der Waals surface area contributed by atoms with Gasteiger partial charge in [0.15, 0.2) is 0 Å². The predicted octanol–water partition coefficient (Wildman–Crippen LogP) is 31.0. The number of fused-ring (bicyclic) bond motifs is 3. The van der Waals surface area contributed by atoms with E-state index >= 15 is 0 Å². The number of hydrogen-bond acceptors (Lipinski definition) is 3. The fraction of sp³-hybridized carbons (Fsp3) is 0.596. The molecule has 0 N–H and O–H groups in total. The van der Waals surface area contributed by atoms with Crippen molar-refractivity contribution < 1.29 is 62.5 Å². The summed E-state index contributed by atoms with van der Waals surface area (Å²) in [7, 11) is 29.6. The van der Waals surface area contributed by atoms with Crippen LogP contribution in [0.3, 0.4) is 0 Å². The van der Waals surface area contributed by atoms with Gasteiger partial charge in [0, 0.05) is 17.8 Å². The molecule has 0 radical (unpaired) electrons. The van der Waals surface area contributed by atoms with Crippen LogP contribution in [0.4, 0.5) is 0 Å². The van der Waals surface area contributed by atoms with Crippen LogP contribution in [0.15, 0.2) is 129 Å². The Morgan fingerprint density at radius 1 is 0.385 bits per heavy atom. The second-order valence-electron chi connectivity index (χ2n) is 30.8. The zero-order valence-electron chi connectivity index (χ0n) is 69.6. The molecule has 6 aliphatic carbocycles. The third kappa shape index (κ3) is 33.6. The average molecular weight is 1780 g/mol. The van der Waals surface area contributed by atoms with Crippen molar-refractivity contribution in [2.45, 2.75) is 329 Å². The number of hydrogen-bond donors (Lipinski definition) is 0. The number of halogens is 6. The van der Waals surface area contributed by atoms with Gasteiger partial charge in [-0.2, -0.15) is 0 Å². The van der Waals surface area contributed by atoms with Crippen molar-refractivity contribution in [1.82, 2.24) is 14.4 Å². The van der Waals surface area contributed by atoms with Crippen molar-refractivity contribution >= 4 is 88.0 Å². The van der Waals surface area contributed by atoms with Crippen LogP contribution in [0.2, 0.25) is 17.5 Å². The molecule has 0 amide bonds. The van der Waals surface area contributed by atoms with E-state index in [1.54, 1.807) is 27.5 Å². The average Bonchev–Trinajstić information content (AvgIpc) is 1.63. The molecule has 0 aliphatic heterocycles. The van der Waals surface area contributed by atoms with Crippen molar-refractivity contribution in [3.05, 3.63) is 207 Å². The first-order valence-electron chi connectivity index (χ1n) is 38.7. The van der Waals surface area contributed by atoms with E-state index in [0.717, 1.165) is 48.6 Å². The van der Waals surface area contributed by atoms with E-state index in [0.29, 0.717) is 74.5 Å². The summed E-state index contributed by atoms with van der Waals surface area (Å²) < 4.78 is 0. The van der Waals surface area contributed by atoms with E-state index in [1.165, 1.54) is 164 Å². The van der Waals surface area contributed by atoms with Crippen molar-refractivity contribution in [1.29, 1.82) is 0 Å². The van der Waals surface area contributed by atoms with Crippen LogP contribution in [0, 0.1) is 56.4 Å². The second kappa shape index (κ2) is 61.1. The van der Waals surface area contributed by atoms with E-state index < -0.39 is 62.5 Å². The summed E-state index contributed by atoms with van der Waals surface area (Å²) in [5.74, 6) is 5.83. The molecule has 0 heterocycles. The topological polar surface area (TPSA) is 9.72 Å². The SMILES string of the molecule is C=CCC1C=C(B(C2CCC(CCCCCC)C2)N(C(C)C)C(C)C)c2ccccc21.C=CCC1C=C(B(C2CCCC2)N(C(C)C)C(C)C)c2ccccc21.C=CCCCC1C=C(B(C2CCC(CCCCCC)C2)N(C(C)C)C(C)C)c2ccccc21.[CH3-].[CH3-].[CH3-].[CH3-].[CH3-].[CH3-].[Cl][Zr+2][Cl].[Cl][Zr+2][Cl].[Cl][Zr+2][Cl]. The van der Waals surface area contributed by atoms with Crippen LogP contribution < -0.4 is 0 Å². The van der Waals surface area contributed by atoms with Crippen LogP contribution in [-0.4, -0.2) is 71.2 Å². The fourth-order valence-corrected chi connectivity index (χ4v) is 18.7. The van der Waals surface area contributed by atoms with E-state index in [9.17, 15) is 0 Å². The number of benzene rings is 3. The van der Waals surface area contributed by atoms with Gasteiger partial charge in [0.25, 0.3) is 20.5 Å². The van der Waals surface area contributed by atoms with E-state index in [-0.39, 0.29) is 44.6 Å². The van der Waals surface area contributed by atoms with Gasteiger partial charge < -0.3 is 59.0 Å². The van der Waals surface area contributed by atoms with Crippen molar-refractivity contribution in [2.24, 2.45) is 11.8 Å². The molecule has 15 heteroatoms. The van der Waals surface area contributed by atoms with Gasteiger partial charge in [-0.15, -0.1) is 19.7 Å². The summed E-state index contributed by atoms with van der Waals surface area (Å²) in [5.41, 5.74) is 14.0. The zero-order chi connectivity index (χ0) is 72.3. The molecule has 0 bridgehead atoms. The van der Waals surface area contributed by atoms with Gasteiger partial charge in [0.1, 0.15) is 0 Å². The van der Waals surface area contributed by atoms with Gasteiger partial charge in [-0.3, -0.25) is 0 Å². The summed E-state index contributed by atoms with van der Waals surface area (Å²) in [6, 6.07) is 31.0. The van der Waals surface area contributed by atoms with Gasteiger partial charge >= 0.3 is 114 Å². The van der Waals surface area contributed by atoms with E-state index in [4.69, 9.17) is 51.1 Å². The van der Waals surface area contributed by atoms with Gasteiger partial charge in [-0.25, -0.2) is 0 Å². The van der Waals surface area contributed by atoms with Gasteiger partial charge in [0.05, 0.1) is 0 Å². The Bertz CT molecular complexity index is 2780. The maximum atomic E-state index is 4.93. The van der Waals surface area contributed by atoms with E-state index in [1.807, 2.05) is 0 Å². The Hall–Kier alpha value is 0.564. The molecular formula is C89H148B3Cl6N3Zr3. The first-order chi connectivity index (χ1) is 47.2. The number of rotatable bonds is 33. The third-order valence-corrected chi connectivity index (χ3v) is 22.3. The Labute approximate surface area is 704 Å². The number of unbranched alkanes of at least 4 members (excludes halogenated alkanes) is 7. The van der Waals surface area contributed by atoms with Crippen LogP contribution in [0.25, 0.3) is 16.4 Å². The normalized spacial score (nSPS) is 19.1. The molecule has 0 aromatic heterocycles. The van der Waals surface area contributed by atoms with Crippen molar-refractivity contribution in [3.8, 4) is 0 Å². The van der Waals surface area contributed by atoms with E-state index in [2.05, 4.69) is 240 Å². The molecule has 104 heavy (non-hydrogen) atoms. The van der Waals surface area contributed by atoms with Crippen LogP contribution in [0.1, 0.15) is 309 Å². The first kappa shape index (κ1) is 109. The van der Waals surface area contributed by atoms with Gasteiger partial charge in [0.2, 0.25) is 0 Å². The quantitative estimate of drug-likeness (QED) is 0.0260. The number of allylic oxidation sites excluding steroid dienone is 6. The molecule has 582 valence electrons. The van der Waals surface area contributed by atoms with Gasteiger partial charge in [-0.05, 0) is 131 Å². The summed E-state index contributed by atoms with van der Waals surface area (Å²) in [4.78, 5) is 8.44. The minimum absolute atomic E-state index is 0. The molecule has 0 saturated heterocycles. The summed E-state index contributed by atoms with van der Waals surface area (Å²) >= 11 is -2.48. The standard InChI is InChI=1S/C31H50BN.C29H46BN.C23H34BN.6CH3.6ClH.3Zr/c1-7-9-11-13-16-26-20-21-28(22-26)32(33(24(3)4)25(5)6)31-23-27(17-12-10-8-2)29-18-14-15-19-30(29)31;1-7-9-10-11-15-24-18-19-26(20-24)30(31(22(3)4)23(5)6)29-21-25(14-8-2)27-16-12-13-17-28(27)29;1-6-11-19-16-23(22-15-10-9-14-21(19)22)24(20-12-7-8-13-20)25(17(2)3)18(4)5;;;;;;;;;;;;;;;/h8,14-15,18-19,23-28H,2,7,9-13,16-17,20-22H2,1,3-6H3;8,12-13,16-17,21-26H,2,7,9-11,14-15,18-20H2,1,3-6H3;6,9-10,14-20H,1,7-8,11-13H2,2-5H3;6*1H3;6*1H;;;/q;;;6*-1;;;;;;;3*+4/p-6. The van der Waals surface area contributed by atoms with Crippen LogP contribution in [0.5, 0.6) is 0 Å². The first-order valence-corrected chi connectivity index (χ1v) is 57.7. The monoisotopic (exact) mass is 1770 g/mol. The third-order valence-electron chi connectivity index (χ3n) is 22.3. The Kier molecular flexibility index (Phi) is 63.8. The Morgan fingerprint density at radius 3 is 0.981 bits per heavy atom. The van der Waals surface area contributed by atoms with Crippen molar-refractivity contribution in [3.63, 3.8) is 0 Å². The van der Waals surface area contributed by atoms with Crippen LogP contribution >= 0.6 is 51.1 Å². The van der Waals surface area contributed by atoms with Crippen molar-refractivity contribution in [2.75, 3.05) is 0 Å². The van der Waals surface area contributed by atoms with Gasteiger partial charge in [-0.1, -0.05) is 351 Å². The molecule has 3 saturated carbocycles. The fourth-order valence-electron chi connectivity index (χ4n) is 18.7. The second-order valence-corrected chi connectivity index (χ2v) is 42.0. The molecule has 6 aliphatic rings. The molecule has 0 spiro atoms. The summed E-state index contributed by atoms with van der Waals surface area (Å²) in [6.07, 6.45) is 48.0. The molecule has 7 atom stereocenters. The summed E-state index contributed by atoms with van der Waals surface area (Å²) in [5, 5.41) is 0.